The van der Waals surface area contributed by atoms with Crippen molar-refractivity contribution in [3.05, 3.63) is 11.6 Å². The number of hydrogen-bond donors (Lipinski definition) is 0. The lowest BCUT2D eigenvalue weighted by molar-refractivity contribution is -0.105. The molecule has 0 fully saturated rings. The highest BCUT2D eigenvalue weighted by molar-refractivity contribution is 5.73. The van der Waals surface area contributed by atoms with Crippen molar-refractivity contribution in [2.75, 3.05) is 19.6 Å². The van der Waals surface area contributed by atoms with Gasteiger partial charge in [0, 0.05) is 18.7 Å². The smallest absolute Gasteiger partial charge is 0.147 e. The molecule has 1 rings (SSSR count). The lowest BCUT2D eigenvalue weighted by Crippen LogP contribution is -2.30. The Kier molecular flexibility index (Phi) is 3.30. The zero-order valence-corrected chi connectivity index (χ0v) is 7.05. The summed E-state index contributed by atoms with van der Waals surface area (Å²) in [4.78, 5) is 12.7. The molecule has 1 heterocycles. The Hall–Kier alpha value is -0.630. The number of hydrogen-bond acceptors (Lipinski definition) is 2. The Balaban J connectivity index is 2.39. The summed E-state index contributed by atoms with van der Waals surface area (Å²) >= 11 is 0. The molecule has 2 heteroatoms. The standard InChI is InChI=1S/C9H15NO/c1-2-5-10-6-3-4-9(7-10)8-11/h4,8H,2-3,5-7H2,1H3. The third-order valence-electron chi connectivity index (χ3n) is 1.95. The molecule has 0 aliphatic carbocycles. The van der Waals surface area contributed by atoms with Gasteiger partial charge in [0.05, 0.1) is 0 Å². The van der Waals surface area contributed by atoms with E-state index < -0.39 is 0 Å². The predicted molar refractivity (Wildman–Crippen MR) is 45.5 cm³/mol. The van der Waals surface area contributed by atoms with E-state index in [1.165, 1.54) is 6.42 Å². The zero-order chi connectivity index (χ0) is 8.10. The van der Waals surface area contributed by atoms with E-state index in [9.17, 15) is 4.79 Å². The van der Waals surface area contributed by atoms with Gasteiger partial charge in [0.1, 0.15) is 6.29 Å². The van der Waals surface area contributed by atoms with Gasteiger partial charge in [0.15, 0.2) is 0 Å². The van der Waals surface area contributed by atoms with Crippen molar-refractivity contribution in [3.63, 3.8) is 0 Å². The molecule has 0 unspecified atom stereocenters. The Bertz CT molecular complexity index is 163. The lowest BCUT2D eigenvalue weighted by Gasteiger charge is -2.24. The van der Waals surface area contributed by atoms with Gasteiger partial charge in [-0.25, -0.2) is 0 Å². The van der Waals surface area contributed by atoms with Gasteiger partial charge in [-0.3, -0.25) is 9.69 Å². The number of aldehydes is 1. The fourth-order valence-corrected chi connectivity index (χ4v) is 1.43. The van der Waals surface area contributed by atoms with E-state index in [0.29, 0.717) is 0 Å². The average molecular weight is 153 g/mol. The van der Waals surface area contributed by atoms with Crippen molar-refractivity contribution < 1.29 is 4.79 Å². The van der Waals surface area contributed by atoms with Gasteiger partial charge in [-0.15, -0.1) is 0 Å². The topological polar surface area (TPSA) is 20.3 Å². The summed E-state index contributed by atoms with van der Waals surface area (Å²) < 4.78 is 0. The van der Waals surface area contributed by atoms with Crippen molar-refractivity contribution in [2.45, 2.75) is 19.8 Å². The highest BCUT2D eigenvalue weighted by atomic mass is 16.1. The van der Waals surface area contributed by atoms with Crippen LogP contribution >= 0.6 is 0 Å². The molecule has 1 aliphatic rings. The molecule has 2 nitrogen and oxygen atoms in total. The average Bonchev–Trinajstić information content (AvgIpc) is 2.06. The fraction of sp³-hybridized carbons (Fsp3) is 0.667. The summed E-state index contributed by atoms with van der Waals surface area (Å²) in [6.45, 7) is 5.26. The summed E-state index contributed by atoms with van der Waals surface area (Å²) in [5.74, 6) is 0. The molecule has 1 aliphatic heterocycles. The third-order valence-corrected chi connectivity index (χ3v) is 1.95. The highest BCUT2D eigenvalue weighted by Gasteiger charge is 2.09. The van der Waals surface area contributed by atoms with Gasteiger partial charge >= 0.3 is 0 Å². The number of rotatable bonds is 3. The van der Waals surface area contributed by atoms with Gasteiger partial charge in [0.25, 0.3) is 0 Å². The van der Waals surface area contributed by atoms with E-state index in [2.05, 4.69) is 11.8 Å². The second kappa shape index (κ2) is 4.29. The monoisotopic (exact) mass is 153 g/mol. The van der Waals surface area contributed by atoms with Crippen LogP contribution in [0.2, 0.25) is 0 Å². The maximum Gasteiger partial charge on any atom is 0.147 e. The predicted octanol–water partition coefficient (Wildman–Crippen LogP) is 1.23. The van der Waals surface area contributed by atoms with Crippen LogP contribution in [0.15, 0.2) is 11.6 Å². The highest BCUT2D eigenvalue weighted by Crippen LogP contribution is 2.07. The fourth-order valence-electron chi connectivity index (χ4n) is 1.43. The minimum Gasteiger partial charge on any atom is -0.299 e. The molecule has 0 atom stereocenters. The van der Waals surface area contributed by atoms with E-state index >= 15 is 0 Å². The molecule has 11 heavy (non-hydrogen) atoms. The Labute approximate surface area is 67.9 Å². The summed E-state index contributed by atoms with van der Waals surface area (Å²) in [5.41, 5.74) is 0.949. The molecular formula is C9H15NO. The van der Waals surface area contributed by atoms with Crippen LogP contribution in [-0.4, -0.2) is 30.8 Å². The largest absolute Gasteiger partial charge is 0.299 e. The van der Waals surface area contributed by atoms with Gasteiger partial charge in [-0.05, 0) is 19.4 Å². The minimum atomic E-state index is 0.858. The van der Waals surface area contributed by atoms with Gasteiger partial charge in [-0.2, -0.15) is 0 Å². The van der Waals surface area contributed by atoms with E-state index in [1.54, 1.807) is 0 Å². The van der Waals surface area contributed by atoms with Crippen LogP contribution < -0.4 is 0 Å². The van der Waals surface area contributed by atoms with Gasteiger partial charge in [0.2, 0.25) is 0 Å². The van der Waals surface area contributed by atoms with Crippen LogP contribution in [0.3, 0.4) is 0 Å². The summed E-state index contributed by atoms with van der Waals surface area (Å²) in [6, 6.07) is 0. The number of nitrogens with zero attached hydrogens (tertiary/aromatic N) is 1. The van der Waals surface area contributed by atoms with Crippen LogP contribution in [-0.2, 0) is 4.79 Å². The van der Waals surface area contributed by atoms with Gasteiger partial charge in [-0.1, -0.05) is 13.0 Å². The molecule has 0 aromatic rings. The molecule has 0 N–H and O–H groups in total. The summed E-state index contributed by atoms with van der Waals surface area (Å²) in [6.07, 6.45) is 5.22. The second-order valence-electron chi connectivity index (χ2n) is 2.96. The van der Waals surface area contributed by atoms with Crippen LogP contribution in [0.4, 0.5) is 0 Å². The molecule has 0 saturated heterocycles. The van der Waals surface area contributed by atoms with Crippen molar-refractivity contribution in [1.29, 1.82) is 0 Å². The molecule has 0 amide bonds. The quantitative estimate of drug-likeness (QED) is 0.568. The molecule has 0 radical (unpaired) electrons. The third kappa shape index (κ3) is 2.46. The van der Waals surface area contributed by atoms with Crippen LogP contribution in [0.5, 0.6) is 0 Å². The molecule has 0 spiro atoms. The maximum absolute atomic E-state index is 10.4. The van der Waals surface area contributed by atoms with E-state index in [0.717, 1.165) is 37.9 Å². The van der Waals surface area contributed by atoms with Crippen LogP contribution in [0.25, 0.3) is 0 Å². The number of carbonyl (C=O) groups excluding carboxylic acids is 1. The van der Waals surface area contributed by atoms with E-state index in [1.807, 2.05) is 6.08 Å². The van der Waals surface area contributed by atoms with Crippen molar-refractivity contribution in [2.24, 2.45) is 0 Å². The molecular weight excluding hydrogens is 138 g/mol. The molecule has 0 saturated carbocycles. The first-order valence-corrected chi connectivity index (χ1v) is 4.23. The minimum absolute atomic E-state index is 0.858. The van der Waals surface area contributed by atoms with E-state index in [-0.39, 0.29) is 0 Å². The SMILES string of the molecule is CCCN1CCC=C(C=O)C1. The van der Waals surface area contributed by atoms with Crippen LogP contribution in [0, 0.1) is 0 Å². The van der Waals surface area contributed by atoms with Gasteiger partial charge < -0.3 is 0 Å². The van der Waals surface area contributed by atoms with Crippen molar-refractivity contribution in [1.82, 2.24) is 4.90 Å². The normalized spacial score (nSPS) is 19.5. The van der Waals surface area contributed by atoms with Crippen LogP contribution in [0.1, 0.15) is 19.8 Å². The molecule has 0 aromatic carbocycles. The first kappa shape index (κ1) is 8.47. The Morgan fingerprint density at radius 3 is 3.18 bits per heavy atom. The Morgan fingerprint density at radius 1 is 1.73 bits per heavy atom. The molecule has 0 aromatic heterocycles. The van der Waals surface area contributed by atoms with Crippen molar-refractivity contribution in [3.8, 4) is 0 Å². The Morgan fingerprint density at radius 2 is 2.55 bits per heavy atom. The first-order chi connectivity index (χ1) is 5.36. The lowest BCUT2D eigenvalue weighted by atomic mass is 10.1. The summed E-state index contributed by atoms with van der Waals surface area (Å²) in [7, 11) is 0. The zero-order valence-electron chi connectivity index (χ0n) is 7.05. The number of carbonyl (C=O) groups is 1. The molecule has 62 valence electrons. The molecule has 0 bridgehead atoms. The van der Waals surface area contributed by atoms with E-state index in [4.69, 9.17) is 0 Å². The maximum atomic E-state index is 10.4. The first-order valence-electron chi connectivity index (χ1n) is 4.23. The second-order valence-corrected chi connectivity index (χ2v) is 2.96. The summed E-state index contributed by atoms with van der Waals surface area (Å²) in [5, 5.41) is 0. The van der Waals surface area contributed by atoms with Crippen molar-refractivity contribution >= 4 is 6.29 Å².